The number of fused-ring (bicyclic) bond motifs is 1. The Bertz CT molecular complexity index is 1080. The number of ether oxygens (including phenoxy) is 2. The minimum Gasteiger partial charge on any atom is -0.507 e. The van der Waals surface area contributed by atoms with E-state index >= 15 is 0 Å². The van der Waals surface area contributed by atoms with E-state index in [0.29, 0.717) is 49.0 Å². The van der Waals surface area contributed by atoms with Gasteiger partial charge in [0.1, 0.15) is 18.1 Å². The molecule has 2 aliphatic rings. The minimum absolute atomic E-state index is 0.156. The van der Waals surface area contributed by atoms with Gasteiger partial charge >= 0.3 is 0 Å². The number of benzene rings is 2. The van der Waals surface area contributed by atoms with E-state index in [1.165, 1.54) is 6.07 Å². The van der Waals surface area contributed by atoms with Crippen LogP contribution in [0.5, 0.6) is 11.5 Å². The van der Waals surface area contributed by atoms with Crippen molar-refractivity contribution < 1.29 is 19.4 Å². The number of nitrogens with two attached hydrogens (primary N) is 1. The number of morpholine rings is 1. The molecule has 8 heteroatoms. The maximum Gasteiger partial charge on any atom is 0.258 e. The molecule has 4 N–H and O–H groups in total. The Labute approximate surface area is 220 Å². The van der Waals surface area contributed by atoms with Crippen LogP contribution in [0.2, 0.25) is 0 Å². The first-order valence-corrected chi connectivity index (χ1v) is 13.4. The zero-order chi connectivity index (χ0) is 26.9. The molecule has 37 heavy (non-hydrogen) atoms. The Hall–Kier alpha value is -3.10. The highest BCUT2D eigenvalue weighted by Gasteiger charge is 2.27. The van der Waals surface area contributed by atoms with Crippen molar-refractivity contribution in [2.75, 3.05) is 45.2 Å². The highest BCUT2D eigenvalue weighted by Crippen LogP contribution is 2.32. The lowest BCUT2D eigenvalue weighted by Crippen LogP contribution is -2.38. The second-order valence-electron chi connectivity index (χ2n) is 9.76. The smallest absolute Gasteiger partial charge is 0.258 e. The van der Waals surface area contributed by atoms with Crippen LogP contribution in [0.1, 0.15) is 67.6 Å². The largest absolute Gasteiger partial charge is 0.507 e. The summed E-state index contributed by atoms with van der Waals surface area (Å²) >= 11 is 0. The van der Waals surface area contributed by atoms with Crippen molar-refractivity contribution >= 4 is 17.3 Å². The van der Waals surface area contributed by atoms with E-state index in [-0.39, 0.29) is 17.2 Å². The number of phenolic OH excluding ortho intramolecular Hbond substituents is 1. The number of aromatic hydroxyl groups is 1. The van der Waals surface area contributed by atoms with Crippen molar-refractivity contribution in [1.29, 1.82) is 5.41 Å². The molecule has 2 aromatic carbocycles. The molecular weight excluding hydrogens is 468 g/mol. The third-order valence-electron chi connectivity index (χ3n) is 6.66. The zero-order valence-corrected chi connectivity index (χ0v) is 22.7. The summed E-state index contributed by atoms with van der Waals surface area (Å²) in [7, 11) is 0. The normalized spacial score (nSPS) is 15.2. The fourth-order valence-electron chi connectivity index (χ4n) is 4.50. The van der Waals surface area contributed by atoms with Gasteiger partial charge < -0.3 is 30.6 Å². The first kappa shape index (κ1) is 28.5. The fourth-order valence-corrected chi connectivity index (χ4v) is 4.50. The zero-order valence-electron chi connectivity index (χ0n) is 22.7. The number of hydrogen-bond donors (Lipinski definition) is 3. The van der Waals surface area contributed by atoms with E-state index in [9.17, 15) is 9.90 Å². The Balaban J connectivity index is 0.00000186. The quantitative estimate of drug-likeness (QED) is 0.334. The van der Waals surface area contributed by atoms with Gasteiger partial charge in [0.15, 0.2) is 0 Å². The summed E-state index contributed by atoms with van der Waals surface area (Å²) in [6, 6.07) is 8.90. The number of carbonyl (C=O) groups excluding carboxylic acids is 1. The van der Waals surface area contributed by atoms with Gasteiger partial charge in [0, 0.05) is 55.8 Å². The van der Waals surface area contributed by atoms with Crippen molar-refractivity contribution in [2.45, 2.75) is 53.6 Å². The lowest BCUT2D eigenvalue weighted by Gasteiger charge is -2.26. The summed E-state index contributed by atoms with van der Waals surface area (Å²) in [6.07, 6.45) is 1.43. The van der Waals surface area contributed by atoms with E-state index in [1.807, 2.05) is 32.0 Å². The summed E-state index contributed by atoms with van der Waals surface area (Å²) in [4.78, 5) is 17.4. The molecule has 1 amide bonds. The number of amides is 1. The average molecular weight is 511 g/mol. The Morgan fingerprint density at radius 1 is 1.11 bits per heavy atom. The van der Waals surface area contributed by atoms with E-state index in [2.05, 4.69) is 18.7 Å². The molecule has 0 unspecified atom stereocenters. The van der Waals surface area contributed by atoms with E-state index in [4.69, 9.17) is 20.6 Å². The summed E-state index contributed by atoms with van der Waals surface area (Å²) in [5.41, 5.74) is 9.58. The van der Waals surface area contributed by atoms with Crippen LogP contribution in [0.4, 0.5) is 5.69 Å². The van der Waals surface area contributed by atoms with Crippen LogP contribution in [-0.4, -0.2) is 66.0 Å². The van der Waals surface area contributed by atoms with Crippen LogP contribution in [0.25, 0.3) is 0 Å². The van der Waals surface area contributed by atoms with Crippen LogP contribution >= 0.6 is 0 Å². The predicted molar refractivity (Wildman–Crippen MR) is 148 cm³/mol. The average Bonchev–Trinajstić information content (AvgIpc) is 3.32. The fraction of sp³-hybridized carbons (Fsp3) is 0.517. The highest BCUT2D eigenvalue weighted by molar-refractivity contribution is 6.06. The first-order chi connectivity index (χ1) is 17.8. The highest BCUT2D eigenvalue weighted by atomic mass is 16.5. The number of nitrogens with zero attached hydrogens (tertiary/aromatic N) is 2. The Kier molecular flexibility index (Phi) is 10.3. The number of rotatable bonds is 9. The van der Waals surface area contributed by atoms with Crippen LogP contribution in [-0.2, 0) is 17.8 Å². The molecule has 8 nitrogen and oxygen atoms in total. The van der Waals surface area contributed by atoms with Gasteiger partial charge in [-0.2, -0.15) is 0 Å². The van der Waals surface area contributed by atoms with Gasteiger partial charge in [-0.25, -0.2) is 0 Å². The third kappa shape index (κ3) is 7.46. The molecule has 0 bridgehead atoms. The molecule has 2 aliphatic heterocycles. The molecular formula is C29H42N4O4. The van der Waals surface area contributed by atoms with Gasteiger partial charge in [0.2, 0.25) is 0 Å². The number of carbonyl (C=O) groups is 1. The van der Waals surface area contributed by atoms with Crippen LogP contribution in [0, 0.1) is 11.3 Å². The topological polar surface area (TPSA) is 112 Å². The molecule has 0 aliphatic carbocycles. The summed E-state index contributed by atoms with van der Waals surface area (Å²) in [6.45, 7) is 14.0. The molecule has 0 saturated carbocycles. The molecule has 202 valence electrons. The van der Waals surface area contributed by atoms with E-state index in [1.54, 1.807) is 11.0 Å². The molecule has 1 saturated heterocycles. The van der Waals surface area contributed by atoms with Gasteiger partial charge in [-0.3, -0.25) is 9.69 Å². The summed E-state index contributed by atoms with van der Waals surface area (Å²) in [5, 5.41) is 18.9. The molecule has 0 spiro atoms. The minimum atomic E-state index is -0.272. The third-order valence-corrected chi connectivity index (χ3v) is 6.66. The van der Waals surface area contributed by atoms with Crippen LogP contribution in [0.15, 0.2) is 30.3 Å². The molecule has 0 atom stereocenters. The van der Waals surface area contributed by atoms with Crippen molar-refractivity contribution in [3.8, 4) is 11.5 Å². The molecule has 2 aromatic rings. The standard InChI is InChI=1S/C27H36N4O4.C2H6/c1-18(2)3-6-24(28)22-14-23(26(32)15-25(22)29)27(33)31-16-19-4-5-21(13-20(19)17-31)35-12-9-30-7-10-34-11-8-30;1-2/h4-5,13-15,18,28,32H,3,6-12,16-17,29H2,1-2H3;1-2H3. The van der Waals surface area contributed by atoms with Crippen molar-refractivity contribution in [3.63, 3.8) is 0 Å². The van der Waals surface area contributed by atoms with Crippen molar-refractivity contribution in [1.82, 2.24) is 9.80 Å². The first-order valence-electron chi connectivity index (χ1n) is 13.4. The number of anilines is 1. The maximum atomic E-state index is 13.3. The number of hydrogen-bond acceptors (Lipinski definition) is 7. The van der Waals surface area contributed by atoms with Crippen molar-refractivity contribution in [2.24, 2.45) is 5.92 Å². The maximum absolute atomic E-state index is 13.3. The van der Waals surface area contributed by atoms with Gasteiger partial charge in [-0.05, 0) is 48.1 Å². The van der Waals surface area contributed by atoms with Gasteiger partial charge in [0.05, 0.1) is 18.8 Å². The molecule has 1 fully saturated rings. The van der Waals surface area contributed by atoms with Crippen molar-refractivity contribution in [3.05, 3.63) is 52.6 Å². The number of nitrogens with one attached hydrogen (secondary N) is 1. The van der Waals surface area contributed by atoms with Gasteiger partial charge in [0.25, 0.3) is 5.91 Å². The summed E-state index contributed by atoms with van der Waals surface area (Å²) in [5.74, 6) is 0.830. The van der Waals surface area contributed by atoms with Gasteiger partial charge in [-0.15, -0.1) is 0 Å². The van der Waals surface area contributed by atoms with Crippen LogP contribution < -0.4 is 10.5 Å². The van der Waals surface area contributed by atoms with E-state index in [0.717, 1.165) is 56.1 Å². The Morgan fingerprint density at radius 2 is 1.81 bits per heavy atom. The molecule has 4 rings (SSSR count). The molecule has 0 radical (unpaired) electrons. The SMILES string of the molecule is CC.CC(C)CCC(=N)c1cc(C(=O)N2Cc3ccc(OCCN4CCOCC4)cc3C2)c(O)cc1N. The second-order valence-corrected chi connectivity index (χ2v) is 9.76. The lowest BCUT2D eigenvalue weighted by atomic mass is 9.97. The Morgan fingerprint density at radius 3 is 2.51 bits per heavy atom. The van der Waals surface area contributed by atoms with Crippen LogP contribution in [0.3, 0.4) is 0 Å². The number of nitrogen functional groups attached to an aromatic ring is 1. The van der Waals surface area contributed by atoms with E-state index < -0.39 is 0 Å². The number of phenols is 1. The second kappa shape index (κ2) is 13.4. The van der Waals surface area contributed by atoms with Gasteiger partial charge in [-0.1, -0.05) is 33.8 Å². The molecule has 0 aromatic heterocycles. The predicted octanol–water partition coefficient (Wildman–Crippen LogP) is 4.67. The monoisotopic (exact) mass is 510 g/mol. The lowest BCUT2D eigenvalue weighted by molar-refractivity contribution is 0.0322. The molecule has 2 heterocycles. The summed E-state index contributed by atoms with van der Waals surface area (Å²) < 4.78 is 11.3.